The first kappa shape index (κ1) is 27.9. The predicted octanol–water partition coefficient (Wildman–Crippen LogP) is 3.85. The van der Waals surface area contributed by atoms with Crippen molar-refractivity contribution in [1.29, 1.82) is 0 Å². The van der Waals surface area contributed by atoms with Gasteiger partial charge in [-0.15, -0.1) is 0 Å². The maximum Gasteiger partial charge on any atom is 0.244 e. The van der Waals surface area contributed by atoms with E-state index in [2.05, 4.69) is 5.32 Å². The lowest BCUT2D eigenvalue weighted by Crippen LogP contribution is -2.53. The van der Waals surface area contributed by atoms with Gasteiger partial charge >= 0.3 is 0 Å². The van der Waals surface area contributed by atoms with Crippen molar-refractivity contribution in [3.05, 3.63) is 101 Å². The monoisotopic (exact) mass is 521 g/mol. The minimum absolute atomic E-state index is 0.172. The van der Waals surface area contributed by atoms with Gasteiger partial charge in [0.25, 0.3) is 0 Å². The molecule has 0 aliphatic heterocycles. The van der Waals surface area contributed by atoms with E-state index in [1.165, 1.54) is 4.90 Å². The molecule has 0 spiro atoms. The van der Waals surface area contributed by atoms with Crippen LogP contribution in [0.3, 0.4) is 0 Å². The number of aryl methyl sites for hydroxylation is 2. The zero-order valence-corrected chi connectivity index (χ0v) is 22.7. The van der Waals surface area contributed by atoms with Crippen molar-refractivity contribution in [2.45, 2.75) is 39.8 Å². The van der Waals surface area contributed by atoms with Crippen LogP contribution in [0.1, 0.15) is 29.2 Å². The number of nitrogens with one attached hydrogen (secondary N) is 1. The van der Waals surface area contributed by atoms with Crippen LogP contribution in [-0.4, -0.2) is 50.5 Å². The number of amides is 2. The van der Waals surface area contributed by atoms with Crippen molar-refractivity contribution in [3.8, 4) is 0 Å². The Bertz CT molecular complexity index is 1310. The molecule has 2 amide bonds. The molecule has 7 nitrogen and oxygen atoms in total. The summed E-state index contributed by atoms with van der Waals surface area (Å²) in [6.45, 7) is 5.85. The third-order valence-electron chi connectivity index (χ3n) is 6.23. The van der Waals surface area contributed by atoms with E-state index in [9.17, 15) is 18.0 Å². The molecule has 3 aromatic rings. The zero-order valence-electron chi connectivity index (χ0n) is 21.8. The first-order valence-corrected chi connectivity index (χ1v) is 14.1. The van der Waals surface area contributed by atoms with Crippen molar-refractivity contribution in [3.63, 3.8) is 0 Å². The lowest BCUT2D eigenvalue weighted by Gasteiger charge is -2.33. The maximum atomic E-state index is 13.9. The van der Waals surface area contributed by atoms with Crippen LogP contribution in [0.4, 0.5) is 5.69 Å². The molecule has 0 aromatic heterocycles. The Hall–Kier alpha value is -3.65. The number of anilines is 1. The Morgan fingerprint density at radius 1 is 0.892 bits per heavy atom. The topological polar surface area (TPSA) is 86.8 Å². The third kappa shape index (κ3) is 7.67. The highest BCUT2D eigenvalue weighted by atomic mass is 32.2. The second kappa shape index (κ2) is 12.5. The Morgan fingerprint density at radius 3 is 2.11 bits per heavy atom. The summed E-state index contributed by atoms with van der Waals surface area (Å²) in [6.07, 6.45) is 1.38. The SMILES string of the molecule is CCNC(=O)C(Cc1ccccc1)N(Cc1ccccc1C)C(=O)CN(c1ccc(C)cc1)S(C)(=O)=O. The molecule has 0 aliphatic rings. The van der Waals surface area contributed by atoms with Gasteiger partial charge in [-0.25, -0.2) is 8.42 Å². The van der Waals surface area contributed by atoms with E-state index >= 15 is 0 Å². The molecular formula is C29H35N3O4S. The van der Waals surface area contributed by atoms with E-state index in [0.717, 1.165) is 32.8 Å². The molecule has 0 saturated heterocycles. The number of rotatable bonds is 11. The smallest absolute Gasteiger partial charge is 0.244 e. The summed E-state index contributed by atoms with van der Waals surface area (Å²) in [7, 11) is -3.77. The van der Waals surface area contributed by atoms with Gasteiger partial charge in [-0.1, -0.05) is 72.3 Å². The molecule has 0 heterocycles. The van der Waals surface area contributed by atoms with Crippen molar-refractivity contribution in [2.24, 2.45) is 0 Å². The minimum atomic E-state index is -3.77. The van der Waals surface area contributed by atoms with Crippen LogP contribution < -0.4 is 9.62 Å². The number of likely N-dealkylation sites (N-methyl/N-ethyl adjacent to an activating group) is 1. The Morgan fingerprint density at radius 2 is 1.51 bits per heavy atom. The lowest BCUT2D eigenvalue weighted by atomic mass is 10.0. The average Bonchev–Trinajstić information content (AvgIpc) is 2.86. The number of hydrogen-bond donors (Lipinski definition) is 1. The fraction of sp³-hybridized carbons (Fsp3) is 0.310. The van der Waals surface area contributed by atoms with E-state index in [-0.39, 0.29) is 12.5 Å². The number of sulfonamides is 1. The molecule has 1 N–H and O–H groups in total. The van der Waals surface area contributed by atoms with Crippen LogP contribution in [-0.2, 0) is 32.6 Å². The van der Waals surface area contributed by atoms with E-state index in [1.807, 2.05) is 75.4 Å². The number of benzene rings is 3. The summed E-state index contributed by atoms with van der Waals surface area (Å²) in [5.74, 6) is -0.740. The number of hydrogen-bond acceptors (Lipinski definition) is 4. The molecule has 3 aromatic carbocycles. The van der Waals surface area contributed by atoms with Gasteiger partial charge in [0.1, 0.15) is 12.6 Å². The molecule has 3 rings (SSSR count). The quantitative estimate of drug-likeness (QED) is 0.415. The van der Waals surface area contributed by atoms with Gasteiger partial charge in [-0.05, 0) is 49.6 Å². The Labute approximate surface area is 220 Å². The van der Waals surface area contributed by atoms with Gasteiger partial charge in [0.2, 0.25) is 21.8 Å². The normalized spacial score (nSPS) is 12.0. The molecular weight excluding hydrogens is 486 g/mol. The van der Waals surface area contributed by atoms with Crippen molar-refractivity contribution >= 4 is 27.5 Å². The Balaban J connectivity index is 2.04. The molecule has 1 unspecified atom stereocenters. The van der Waals surface area contributed by atoms with E-state index in [4.69, 9.17) is 0 Å². The van der Waals surface area contributed by atoms with Gasteiger partial charge < -0.3 is 10.2 Å². The summed E-state index contributed by atoms with van der Waals surface area (Å²) in [5, 5.41) is 2.86. The second-order valence-electron chi connectivity index (χ2n) is 9.15. The highest BCUT2D eigenvalue weighted by Gasteiger charge is 2.33. The number of nitrogens with zero attached hydrogens (tertiary/aromatic N) is 2. The van der Waals surface area contributed by atoms with Gasteiger partial charge in [0, 0.05) is 19.5 Å². The van der Waals surface area contributed by atoms with E-state index < -0.39 is 28.5 Å². The standard InChI is InChI=1S/C29H35N3O4S/c1-5-30-29(34)27(19-24-12-7-6-8-13-24)31(20-25-14-10-9-11-23(25)3)28(33)21-32(37(4,35)36)26-17-15-22(2)16-18-26/h6-18,27H,5,19-21H2,1-4H3,(H,30,34). The molecule has 196 valence electrons. The molecule has 0 aliphatic carbocycles. The average molecular weight is 522 g/mol. The van der Waals surface area contributed by atoms with Crippen LogP contribution in [0, 0.1) is 13.8 Å². The van der Waals surface area contributed by atoms with Gasteiger partial charge in [0.05, 0.1) is 11.9 Å². The first-order chi connectivity index (χ1) is 17.6. The van der Waals surface area contributed by atoms with E-state index in [1.54, 1.807) is 24.3 Å². The molecule has 37 heavy (non-hydrogen) atoms. The van der Waals surface area contributed by atoms with Crippen LogP contribution in [0.25, 0.3) is 0 Å². The van der Waals surface area contributed by atoms with Crippen LogP contribution in [0.15, 0.2) is 78.9 Å². The summed E-state index contributed by atoms with van der Waals surface area (Å²) < 4.78 is 26.6. The largest absolute Gasteiger partial charge is 0.355 e. The molecule has 0 saturated carbocycles. The fourth-order valence-electron chi connectivity index (χ4n) is 4.14. The third-order valence-corrected chi connectivity index (χ3v) is 7.37. The molecule has 8 heteroatoms. The minimum Gasteiger partial charge on any atom is -0.355 e. The lowest BCUT2D eigenvalue weighted by molar-refractivity contribution is -0.140. The van der Waals surface area contributed by atoms with Crippen molar-refractivity contribution < 1.29 is 18.0 Å². The molecule has 0 radical (unpaired) electrons. The highest BCUT2D eigenvalue weighted by Crippen LogP contribution is 2.21. The molecule has 0 fully saturated rings. The molecule has 1 atom stereocenters. The maximum absolute atomic E-state index is 13.9. The fourth-order valence-corrected chi connectivity index (χ4v) is 4.99. The Kier molecular flexibility index (Phi) is 9.47. The van der Waals surface area contributed by atoms with Gasteiger partial charge in [0.15, 0.2) is 0 Å². The van der Waals surface area contributed by atoms with Crippen LogP contribution in [0.2, 0.25) is 0 Å². The zero-order chi connectivity index (χ0) is 27.0. The second-order valence-corrected chi connectivity index (χ2v) is 11.1. The highest BCUT2D eigenvalue weighted by molar-refractivity contribution is 7.92. The van der Waals surface area contributed by atoms with Gasteiger partial charge in [-0.2, -0.15) is 0 Å². The summed E-state index contributed by atoms with van der Waals surface area (Å²) in [5.41, 5.74) is 4.14. The predicted molar refractivity (Wildman–Crippen MR) is 148 cm³/mol. The van der Waals surface area contributed by atoms with E-state index in [0.29, 0.717) is 18.7 Å². The number of carbonyl (C=O) groups is 2. The number of carbonyl (C=O) groups excluding carboxylic acids is 2. The van der Waals surface area contributed by atoms with Crippen LogP contribution >= 0.6 is 0 Å². The summed E-state index contributed by atoms with van der Waals surface area (Å²) in [6, 6.07) is 23.3. The first-order valence-electron chi connectivity index (χ1n) is 12.3. The molecule has 0 bridgehead atoms. The van der Waals surface area contributed by atoms with Crippen molar-refractivity contribution in [2.75, 3.05) is 23.7 Å². The van der Waals surface area contributed by atoms with Crippen molar-refractivity contribution in [1.82, 2.24) is 10.2 Å². The summed E-state index contributed by atoms with van der Waals surface area (Å²) >= 11 is 0. The van der Waals surface area contributed by atoms with Gasteiger partial charge in [-0.3, -0.25) is 13.9 Å². The van der Waals surface area contributed by atoms with Crippen LogP contribution in [0.5, 0.6) is 0 Å². The summed E-state index contributed by atoms with van der Waals surface area (Å²) in [4.78, 5) is 28.8.